The van der Waals surface area contributed by atoms with E-state index in [1.807, 2.05) is 32.0 Å². The van der Waals surface area contributed by atoms with Crippen molar-refractivity contribution in [1.29, 1.82) is 0 Å². The van der Waals surface area contributed by atoms with Crippen LogP contribution in [0, 0.1) is 13.8 Å². The lowest BCUT2D eigenvalue weighted by molar-refractivity contribution is -0.140. The maximum absolute atomic E-state index is 14.1. The van der Waals surface area contributed by atoms with Crippen LogP contribution < -0.4 is 15.4 Å². The van der Waals surface area contributed by atoms with Crippen LogP contribution in [-0.4, -0.2) is 53.9 Å². The summed E-state index contributed by atoms with van der Waals surface area (Å²) in [6.07, 6.45) is 4.16. The van der Waals surface area contributed by atoms with Crippen LogP contribution in [0.4, 0.5) is 10.5 Å². The van der Waals surface area contributed by atoms with E-state index in [4.69, 9.17) is 9.47 Å². The molecule has 0 saturated carbocycles. The van der Waals surface area contributed by atoms with Crippen molar-refractivity contribution in [2.45, 2.75) is 91.3 Å². The number of amides is 3. The number of nitrogens with zero attached hydrogens (tertiary/aromatic N) is 1. The highest BCUT2D eigenvalue weighted by atomic mass is 32.1. The Labute approximate surface area is 251 Å². The molecule has 2 N–H and O–H groups in total. The van der Waals surface area contributed by atoms with Gasteiger partial charge >= 0.3 is 6.09 Å². The van der Waals surface area contributed by atoms with E-state index in [0.29, 0.717) is 30.0 Å². The van der Waals surface area contributed by atoms with Crippen molar-refractivity contribution in [1.82, 2.24) is 10.2 Å². The number of ether oxygens (including phenoxy) is 2. The van der Waals surface area contributed by atoms with Crippen LogP contribution in [0.15, 0.2) is 42.5 Å². The number of hydrogen-bond donors (Lipinski definition) is 3. The molecule has 0 heterocycles. The molecule has 0 bridgehead atoms. The van der Waals surface area contributed by atoms with Gasteiger partial charge in [-0.1, -0.05) is 61.9 Å². The molecule has 226 valence electrons. The van der Waals surface area contributed by atoms with Crippen molar-refractivity contribution >= 4 is 36.2 Å². The highest BCUT2D eigenvalue weighted by Gasteiger charge is 2.36. The lowest BCUT2D eigenvalue weighted by Crippen LogP contribution is -2.53. The first kappa shape index (κ1) is 34.0. The minimum atomic E-state index is -0.981. The zero-order valence-corrected chi connectivity index (χ0v) is 26.5. The highest BCUT2D eigenvalue weighted by Crippen LogP contribution is 2.28. The maximum Gasteiger partial charge on any atom is 0.408 e. The second-order valence-corrected chi connectivity index (χ2v) is 11.7. The van der Waals surface area contributed by atoms with Crippen molar-refractivity contribution in [3.05, 3.63) is 59.2 Å². The predicted octanol–water partition coefficient (Wildman–Crippen LogP) is 6.61. The Morgan fingerprint density at radius 3 is 2.10 bits per heavy atom. The van der Waals surface area contributed by atoms with Gasteiger partial charge in [0.1, 0.15) is 23.4 Å². The van der Waals surface area contributed by atoms with Crippen LogP contribution in [0.25, 0.3) is 0 Å². The summed E-state index contributed by atoms with van der Waals surface area (Å²) in [5.41, 5.74) is 2.52. The fourth-order valence-electron chi connectivity index (χ4n) is 4.61. The van der Waals surface area contributed by atoms with Crippen molar-refractivity contribution < 1.29 is 23.9 Å². The Morgan fingerprint density at radius 2 is 1.56 bits per heavy atom. The monoisotopic (exact) mass is 585 g/mol. The summed E-state index contributed by atoms with van der Waals surface area (Å²) in [5, 5.41) is 5.66. The van der Waals surface area contributed by atoms with Crippen molar-refractivity contribution in [3.63, 3.8) is 0 Å². The molecule has 2 unspecified atom stereocenters. The fraction of sp³-hybridized carbons (Fsp3) is 0.531. The number of carbonyl (C=O) groups is 3. The summed E-state index contributed by atoms with van der Waals surface area (Å²) in [4.78, 5) is 42.4. The maximum atomic E-state index is 14.1. The molecule has 0 saturated heterocycles. The lowest BCUT2D eigenvalue weighted by atomic mass is 9.98. The van der Waals surface area contributed by atoms with Gasteiger partial charge in [-0.05, 0) is 70.9 Å². The van der Waals surface area contributed by atoms with Gasteiger partial charge in [-0.15, -0.1) is 0 Å². The molecular formula is C32H47N3O5S. The summed E-state index contributed by atoms with van der Waals surface area (Å²) in [7, 11) is 1.58. The van der Waals surface area contributed by atoms with Gasteiger partial charge in [0.2, 0.25) is 5.91 Å². The second-order valence-electron chi connectivity index (χ2n) is 11.4. The van der Waals surface area contributed by atoms with E-state index in [2.05, 4.69) is 30.2 Å². The molecule has 2 aromatic rings. The van der Waals surface area contributed by atoms with Crippen LogP contribution >= 0.6 is 12.6 Å². The average Bonchev–Trinajstić information content (AvgIpc) is 2.89. The molecule has 41 heavy (non-hydrogen) atoms. The third kappa shape index (κ3) is 11.3. The molecule has 0 radical (unpaired) electrons. The largest absolute Gasteiger partial charge is 0.497 e. The molecule has 2 atom stereocenters. The Hall–Kier alpha value is -3.20. The average molecular weight is 586 g/mol. The van der Waals surface area contributed by atoms with Gasteiger partial charge in [0, 0.05) is 18.0 Å². The molecule has 2 rings (SSSR count). The van der Waals surface area contributed by atoms with Gasteiger partial charge in [-0.3, -0.25) is 9.59 Å². The first-order valence-electron chi connectivity index (χ1n) is 14.3. The third-order valence-electron chi connectivity index (χ3n) is 6.43. The Morgan fingerprint density at radius 1 is 0.951 bits per heavy atom. The standard InChI is InChI=1S/C32H47N3O5S/c1-8-9-10-11-12-17-35(30(37)27(21-41)34-31(38)40-32(4,5)6)28(24-19-22(2)18-23(3)20-24)29(36)33-25-13-15-26(39-7)16-14-25/h13-16,18-20,27-28,41H,8-12,17,21H2,1-7H3,(H,33,36)(H,34,38). The molecule has 0 fully saturated rings. The van der Waals surface area contributed by atoms with E-state index in [-0.39, 0.29) is 11.7 Å². The van der Waals surface area contributed by atoms with Crippen molar-refractivity contribution in [2.24, 2.45) is 0 Å². The quantitative estimate of drug-likeness (QED) is 0.171. The van der Waals surface area contributed by atoms with Gasteiger partial charge < -0.3 is 25.0 Å². The molecular weight excluding hydrogens is 538 g/mol. The van der Waals surface area contributed by atoms with Crippen LogP contribution in [0.5, 0.6) is 5.75 Å². The SMILES string of the molecule is CCCCCCCN(C(=O)C(CS)NC(=O)OC(C)(C)C)C(C(=O)Nc1ccc(OC)cc1)c1cc(C)cc(C)c1. The molecule has 0 spiro atoms. The minimum absolute atomic E-state index is 0.0457. The van der Waals surface area contributed by atoms with E-state index < -0.39 is 29.7 Å². The molecule has 9 heteroatoms. The zero-order valence-electron chi connectivity index (χ0n) is 25.6. The third-order valence-corrected chi connectivity index (χ3v) is 6.80. The number of carbonyl (C=O) groups excluding carboxylic acids is 3. The zero-order chi connectivity index (χ0) is 30.6. The molecule has 2 aromatic carbocycles. The van der Waals surface area contributed by atoms with E-state index in [9.17, 15) is 14.4 Å². The lowest BCUT2D eigenvalue weighted by Gasteiger charge is -2.34. The van der Waals surface area contributed by atoms with Gasteiger partial charge in [0.05, 0.1) is 7.11 Å². The van der Waals surface area contributed by atoms with E-state index >= 15 is 0 Å². The molecule has 0 aliphatic heterocycles. The van der Waals surface area contributed by atoms with Crippen molar-refractivity contribution in [2.75, 3.05) is 24.7 Å². The number of anilines is 1. The molecule has 8 nitrogen and oxygen atoms in total. The van der Waals surface area contributed by atoms with E-state index in [1.54, 1.807) is 57.0 Å². The summed E-state index contributed by atoms with van der Waals surface area (Å²) >= 11 is 4.38. The Balaban J connectivity index is 2.50. The summed E-state index contributed by atoms with van der Waals surface area (Å²) < 4.78 is 10.6. The van der Waals surface area contributed by atoms with Crippen LogP contribution in [0.3, 0.4) is 0 Å². The van der Waals surface area contributed by atoms with E-state index in [0.717, 1.165) is 36.8 Å². The Bertz CT molecular complexity index is 1130. The summed E-state index contributed by atoms with van der Waals surface area (Å²) in [6.45, 7) is 11.7. The minimum Gasteiger partial charge on any atom is -0.497 e. The number of rotatable bonds is 14. The first-order valence-corrected chi connectivity index (χ1v) is 15.0. The van der Waals surface area contributed by atoms with E-state index in [1.165, 1.54) is 0 Å². The molecule has 0 aromatic heterocycles. The second kappa shape index (κ2) is 16.3. The normalized spacial score (nSPS) is 12.7. The number of methoxy groups -OCH3 is 1. The number of alkyl carbamates (subject to hydrolysis) is 1. The number of nitrogens with one attached hydrogen (secondary N) is 2. The summed E-state index contributed by atoms with van der Waals surface area (Å²) in [6, 6.07) is 11.0. The highest BCUT2D eigenvalue weighted by molar-refractivity contribution is 7.80. The smallest absolute Gasteiger partial charge is 0.408 e. The number of benzene rings is 2. The van der Waals surface area contributed by atoms with Gasteiger partial charge in [0.15, 0.2) is 0 Å². The summed E-state index contributed by atoms with van der Waals surface area (Å²) in [5.74, 6) is -0.0282. The topological polar surface area (TPSA) is 97.0 Å². The predicted molar refractivity (Wildman–Crippen MR) is 168 cm³/mol. The number of unbranched alkanes of at least 4 members (excludes halogenated alkanes) is 4. The Kier molecular flexibility index (Phi) is 13.5. The molecule has 0 aliphatic rings. The molecule has 3 amide bonds. The fourth-order valence-corrected chi connectivity index (χ4v) is 4.86. The van der Waals surface area contributed by atoms with Crippen LogP contribution in [0.1, 0.15) is 82.5 Å². The van der Waals surface area contributed by atoms with Crippen LogP contribution in [0.2, 0.25) is 0 Å². The van der Waals surface area contributed by atoms with Gasteiger partial charge in [-0.2, -0.15) is 12.6 Å². The van der Waals surface area contributed by atoms with Gasteiger partial charge in [0.25, 0.3) is 5.91 Å². The number of hydrogen-bond acceptors (Lipinski definition) is 6. The van der Waals surface area contributed by atoms with Crippen LogP contribution in [-0.2, 0) is 14.3 Å². The number of aryl methyl sites for hydroxylation is 2. The number of thiol groups is 1. The van der Waals surface area contributed by atoms with Gasteiger partial charge in [-0.25, -0.2) is 4.79 Å². The van der Waals surface area contributed by atoms with Crippen molar-refractivity contribution in [3.8, 4) is 5.75 Å². The molecule has 0 aliphatic carbocycles. The first-order chi connectivity index (χ1) is 19.4.